The van der Waals surface area contributed by atoms with Crippen LogP contribution in [0.1, 0.15) is 72.5 Å². The molecule has 2 N–H and O–H groups in total. The highest BCUT2D eigenvalue weighted by Crippen LogP contribution is 2.35. The molecule has 2 aromatic heterocycles. The lowest BCUT2D eigenvalue weighted by atomic mass is 9.90. The van der Waals surface area contributed by atoms with Crippen LogP contribution in [0.3, 0.4) is 0 Å². The third kappa shape index (κ3) is 5.12. The van der Waals surface area contributed by atoms with Crippen LogP contribution in [0.25, 0.3) is 10.9 Å². The van der Waals surface area contributed by atoms with Crippen molar-refractivity contribution in [3.63, 3.8) is 0 Å². The van der Waals surface area contributed by atoms with E-state index in [0.717, 1.165) is 40.9 Å². The van der Waals surface area contributed by atoms with Gasteiger partial charge in [0.2, 0.25) is 0 Å². The number of likely N-dealkylation sites (tertiary alicyclic amines) is 1. The molecule has 0 radical (unpaired) electrons. The van der Waals surface area contributed by atoms with E-state index in [1.54, 1.807) is 0 Å². The molecule has 1 aromatic carbocycles. The Morgan fingerprint density at radius 1 is 1.15 bits per heavy atom. The summed E-state index contributed by atoms with van der Waals surface area (Å²) in [6.45, 7) is 14.5. The van der Waals surface area contributed by atoms with Crippen LogP contribution in [0.4, 0.5) is 0 Å². The number of piperidine rings is 1. The van der Waals surface area contributed by atoms with Crippen molar-refractivity contribution in [1.82, 2.24) is 19.8 Å². The van der Waals surface area contributed by atoms with E-state index in [0.29, 0.717) is 23.1 Å². The topological polar surface area (TPSA) is 70.1 Å². The van der Waals surface area contributed by atoms with E-state index in [2.05, 4.69) is 39.8 Å². The third-order valence-corrected chi connectivity index (χ3v) is 7.16. The summed E-state index contributed by atoms with van der Waals surface area (Å²) in [5, 5.41) is 3.98. The summed E-state index contributed by atoms with van der Waals surface area (Å²) in [6, 6.07) is 10.4. The lowest BCUT2D eigenvalue weighted by Gasteiger charge is -2.34. The molecule has 3 heterocycles. The Bertz CT molecular complexity index is 1200. The van der Waals surface area contributed by atoms with Crippen molar-refractivity contribution >= 4 is 16.8 Å². The van der Waals surface area contributed by atoms with E-state index in [-0.39, 0.29) is 18.0 Å². The second kappa shape index (κ2) is 11.0. The van der Waals surface area contributed by atoms with Gasteiger partial charge in [-0.25, -0.2) is 0 Å². The Hall–Kier alpha value is -2.86. The highest BCUT2D eigenvalue weighted by Gasteiger charge is 2.28. The first-order valence-corrected chi connectivity index (χ1v) is 12.5. The van der Waals surface area contributed by atoms with Gasteiger partial charge >= 0.3 is 0 Å². The molecule has 0 aliphatic carbocycles. The number of pyridine rings is 1. The monoisotopic (exact) mass is 464 g/mol. The first-order valence-electron chi connectivity index (χ1n) is 12.5. The quantitative estimate of drug-likeness (QED) is 0.551. The maximum Gasteiger partial charge on any atom is 0.254 e. The number of aryl methyl sites for hydroxylation is 2. The third-order valence-electron chi connectivity index (χ3n) is 7.16. The minimum atomic E-state index is -0.141. The number of nitrogens with zero attached hydrogens (tertiary/aromatic N) is 2. The van der Waals surface area contributed by atoms with Crippen molar-refractivity contribution in [2.45, 2.75) is 67.0 Å². The zero-order chi connectivity index (χ0) is 25.0. The minimum absolute atomic E-state index is 0.132. The smallest absolute Gasteiger partial charge is 0.254 e. The molecule has 1 aliphatic heterocycles. The summed E-state index contributed by atoms with van der Waals surface area (Å²) in [7, 11) is 2.18. The van der Waals surface area contributed by atoms with Crippen molar-refractivity contribution in [2.75, 3.05) is 20.1 Å². The molecule has 6 nitrogen and oxygen atoms in total. The Kier molecular flexibility index (Phi) is 8.37. The maximum absolute atomic E-state index is 13.4. The van der Waals surface area contributed by atoms with Crippen LogP contribution in [-0.2, 0) is 6.54 Å². The summed E-state index contributed by atoms with van der Waals surface area (Å²) in [5.41, 5.74) is 4.98. The second-order valence-corrected chi connectivity index (χ2v) is 9.35. The van der Waals surface area contributed by atoms with Crippen LogP contribution in [0.2, 0.25) is 0 Å². The fourth-order valence-corrected chi connectivity index (χ4v) is 5.28. The minimum Gasteiger partial charge on any atom is -0.348 e. The Balaban J connectivity index is 0.00000158. The number of rotatable bonds is 5. The number of aromatic amines is 1. The summed E-state index contributed by atoms with van der Waals surface area (Å²) >= 11 is 0. The molecule has 1 amide bonds. The number of para-hydroxylation sites is 1. The van der Waals surface area contributed by atoms with Crippen LogP contribution < -0.4 is 10.9 Å². The van der Waals surface area contributed by atoms with Gasteiger partial charge in [-0.2, -0.15) is 0 Å². The van der Waals surface area contributed by atoms with Gasteiger partial charge in [0.1, 0.15) is 0 Å². The number of hydrogen-bond donors (Lipinski definition) is 2. The van der Waals surface area contributed by atoms with Crippen molar-refractivity contribution in [1.29, 1.82) is 0 Å². The zero-order valence-electron chi connectivity index (χ0n) is 21.8. The largest absolute Gasteiger partial charge is 0.348 e. The van der Waals surface area contributed by atoms with Gasteiger partial charge in [0.05, 0.1) is 5.56 Å². The van der Waals surface area contributed by atoms with E-state index in [4.69, 9.17) is 0 Å². The summed E-state index contributed by atoms with van der Waals surface area (Å²) in [6.07, 6.45) is 2.33. The number of H-pyrrole nitrogens is 1. The Morgan fingerprint density at radius 2 is 1.79 bits per heavy atom. The van der Waals surface area contributed by atoms with Gasteiger partial charge in [-0.3, -0.25) is 9.59 Å². The number of amides is 1. The highest BCUT2D eigenvalue weighted by atomic mass is 16.2. The number of carbonyl (C=O) groups is 1. The SMILES string of the molecule is CC.Cc1cc(C)c(CNC(=O)c2c(C)n(C(C)C3CCN(C)CC3)c3ccccc23)c(=O)[nH]1. The number of benzene rings is 1. The van der Waals surface area contributed by atoms with Crippen LogP contribution in [0, 0.1) is 26.7 Å². The summed E-state index contributed by atoms with van der Waals surface area (Å²) < 4.78 is 2.35. The molecule has 0 spiro atoms. The van der Waals surface area contributed by atoms with Crippen LogP contribution >= 0.6 is 0 Å². The standard InChI is InChI=1S/C26H34N4O2.C2H6/c1-16-14-17(2)28-25(31)22(16)15-27-26(32)24-19(4)30(23-9-7-6-8-21(23)24)18(3)20-10-12-29(5)13-11-20;1-2/h6-9,14,18,20H,10-13,15H2,1-5H3,(H,27,32)(H,28,31);1-2H3. The number of aromatic nitrogens is 2. The Morgan fingerprint density at radius 3 is 2.44 bits per heavy atom. The van der Waals surface area contributed by atoms with Gasteiger partial charge in [-0.1, -0.05) is 32.0 Å². The normalized spacial score (nSPS) is 15.6. The van der Waals surface area contributed by atoms with E-state index in [1.807, 2.05) is 58.9 Å². The fraction of sp³-hybridized carbons (Fsp3) is 0.500. The zero-order valence-corrected chi connectivity index (χ0v) is 21.8. The molecule has 1 unspecified atom stereocenters. The number of fused-ring (bicyclic) bond motifs is 1. The van der Waals surface area contributed by atoms with Gasteiger partial charge in [-0.05, 0) is 84.3 Å². The lowest BCUT2D eigenvalue weighted by molar-refractivity contribution is 0.0951. The van der Waals surface area contributed by atoms with Gasteiger partial charge in [0.25, 0.3) is 11.5 Å². The molecule has 4 rings (SSSR count). The number of carbonyl (C=O) groups excluding carboxylic acids is 1. The predicted octanol–water partition coefficient (Wildman–Crippen LogP) is 5.11. The van der Waals surface area contributed by atoms with E-state index in [1.165, 1.54) is 12.8 Å². The molecule has 3 aromatic rings. The van der Waals surface area contributed by atoms with Gasteiger partial charge < -0.3 is 19.8 Å². The maximum atomic E-state index is 13.4. The van der Waals surface area contributed by atoms with Crippen LogP contribution in [0.5, 0.6) is 0 Å². The molecule has 1 atom stereocenters. The van der Waals surface area contributed by atoms with Gasteiger partial charge in [-0.15, -0.1) is 0 Å². The summed E-state index contributed by atoms with van der Waals surface area (Å²) in [4.78, 5) is 30.9. The van der Waals surface area contributed by atoms with Crippen LogP contribution in [-0.4, -0.2) is 40.5 Å². The van der Waals surface area contributed by atoms with Gasteiger partial charge in [0.15, 0.2) is 0 Å². The molecule has 184 valence electrons. The fourth-order valence-electron chi connectivity index (χ4n) is 5.28. The number of nitrogens with one attached hydrogen (secondary N) is 2. The van der Waals surface area contributed by atoms with Crippen LogP contribution in [0.15, 0.2) is 35.1 Å². The number of hydrogen-bond acceptors (Lipinski definition) is 3. The molecule has 0 saturated carbocycles. The Labute approximate surface area is 203 Å². The molecule has 34 heavy (non-hydrogen) atoms. The molecule has 1 fully saturated rings. The molecule has 1 aliphatic rings. The average Bonchev–Trinajstić information content (AvgIpc) is 3.11. The van der Waals surface area contributed by atoms with Gasteiger partial charge in [0, 0.05) is 40.4 Å². The predicted molar refractivity (Wildman–Crippen MR) is 141 cm³/mol. The highest BCUT2D eigenvalue weighted by molar-refractivity contribution is 6.08. The first-order chi connectivity index (χ1) is 16.3. The molecule has 0 bridgehead atoms. The van der Waals surface area contributed by atoms with Crippen molar-refractivity contribution in [3.8, 4) is 0 Å². The lowest BCUT2D eigenvalue weighted by Crippen LogP contribution is -2.33. The molecule has 6 heteroatoms. The molecular weight excluding hydrogens is 424 g/mol. The van der Waals surface area contributed by atoms with Crippen molar-refractivity contribution in [2.24, 2.45) is 5.92 Å². The van der Waals surface area contributed by atoms with Crippen molar-refractivity contribution in [3.05, 3.63) is 68.8 Å². The van der Waals surface area contributed by atoms with Crippen molar-refractivity contribution < 1.29 is 4.79 Å². The average molecular weight is 465 g/mol. The molecular formula is C28H40N4O2. The first kappa shape index (κ1) is 25.8. The van der Waals surface area contributed by atoms with E-state index in [9.17, 15) is 9.59 Å². The van der Waals surface area contributed by atoms with E-state index >= 15 is 0 Å². The second-order valence-electron chi connectivity index (χ2n) is 9.35. The van der Waals surface area contributed by atoms with E-state index < -0.39 is 0 Å². The molecule has 1 saturated heterocycles. The summed E-state index contributed by atoms with van der Waals surface area (Å²) in [5.74, 6) is 0.456.